The van der Waals surface area contributed by atoms with Crippen molar-refractivity contribution in [1.29, 1.82) is 0 Å². The molecular weight excluding hydrogens is 312 g/mol. The van der Waals surface area contributed by atoms with Crippen LogP contribution >= 0.6 is 0 Å². The van der Waals surface area contributed by atoms with Crippen molar-refractivity contribution in [3.05, 3.63) is 35.4 Å². The Bertz CT molecular complexity index is 568. The van der Waals surface area contributed by atoms with Gasteiger partial charge in [-0.25, -0.2) is 0 Å². The molecule has 0 aliphatic carbocycles. The maximum atomic E-state index is 12.9. The standard InChI is InChI=1S/C21H34N2O2/c1-16(2)13-22(5)15-21(25)11-6-12-23(20(21)24)14-18-7-9-19(10-8-18)17(3)4/h7-10,16-17,25H,6,11-15H2,1-5H3/t21-/m0/s1. The first-order chi connectivity index (χ1) is 11.7. The predicted octanol–water partition coefficient (Wildman–Crippen LogP) is 3.25. The number of hydrogen-bond donors (Lipinski definition) is 1. The number of rotatable bonds is 7. The Morgan fingerprint density at radius 2 is 1.84 bits per heavy atom. The molecule has 25 heavy (non-hydrogen) atoms. The molecule has 1 fully saturated rings. The number of benzene rings is 1. The minimum absolute atomic E-state index is 0.123. The van der Waals surface area contributed by atoms with Crippen LogP contribution in [0.4, 0.5) is 0 Å². The third-order valence-corrected chi connectivity index (χ3v) is 4.93. The van der Waals surface area contributed by atoms with E-state index < -0.39 is 5.60 Å². The fourth-order valence-corrected chi connectivity index (χ4v) is 3.73. The van der Waals surface area contributed by atoms with Crippen LogP contribution in [0.25, 0.3) is 0 Å². The van der Waals surface area contributed by atoms with Gasteiger partial charge in [-0.1, -0.05) is 52.0 Å². The normalized spacial score (nSPS) is 21.6. The van der Waals surface area contributed by atoms with E-state index in [-0.39, 0.29) is 5.91 Å². The molecule has 0 radical (unpaired) electrons. The first-order valence-corrected chi connectivity index (χ1v) is 9.50. The van der Waals surface area contributed by atoms with Crippen molar-refractivity contribution in [2.24, 2.45) is 5.92 Å². The number of carbonyl (C=O) groups is 1. The van der Waals surface area contributed by atoms with Gasteiger partial charge in [-0.3, -0.25) is 4.79 Å². The lowest BCUT2D eigenvalue weighted by atomic mass is 9.90. The summed E-state index contributed by atoms with van der Waals surface area (Å²) in [5, 5.41) is 11.0. The Kier molecular flexibility index (Phi) is 6.64. The molecule has 0 bridgehead atoms. The number of aliphatic hydroxyl groups is 1. The van der Waals surface area contributed by atoms with E-state index in [9.17, 15) is 9.90 Å². The van der Waals surface area contributed by atoms with Gasteiger partial charge in [0.2, 0.25) is 0 Å². The quantitative estimate of drug-likeness (QED) is 0.824. The number of piperidine rings is 1. The van der Waals surface area contributed by atoms with E-state index in [1.54, 1.807) is 0 Å². The first kappa shape index (κ1) is 19.9. The zero-order valence-electron chi connectivity index (χ0n) is 16.5. The number of amides is 1. The maximum Gasteiger partial charge on any atom is 0.256 e. The van der Waals surface area contributed by atoms with Crippen molar-refractivity contribution in [2.75, 3.05) is 26.7 Å². The lowest BCUT2D eigenvalue weighted by Crippen LogP contribution is -2.58. The first-order valence-electron chi connectivity index (χ1n) is 9.50. The number of likely N-dealkylation sites (N-methyl/N-ethyl adjacent to an activating group) is 1. The topological polar surface area (TPSA) is 43.8 Å². The number of likely N-dealkylation sites (tertiary alicyclic amines) is 1. The minimum atomic E-state index is -1.25. The van der Waals surface area contributed by atoms with Crippen molar-refractivity contribution < 1.29 is 9.90 Å². The zero-order chi connectivity index (χ0) is 18.6. The van der Waals surface area contributed by atoms with E-state index in [4.69, 9.17) is 0 Å². The second kappa shape index (κ2) is 8.33. The summed E-state index contributed by atoms with van der Waals surface area (Å²) in [4.78, 5) is 16.8. The van der Waals surface area contributed by atoms with Gasteiger partial charge in [0.05, 0.1) is 0 Å². The Morgan fingerprint density at radius 3 is 2.40 bits per heavy atom. The van der Waals surface area contributed by atoms with Crippen molar-refractivity contribution in [1.82, 2.24) is 9.80 Å². The second-order valence-electron chi connectivity index (χ2n) is 8.35. The monoisotopic (exact) mass is 346 g/mol. The maximum absolute atomic E-state index is 12.9. The summed E-state index contributed by atoms with van der Waals surface area (Å²) < 4.78 is 0. The van der Waals surface area contributed by atoms with Gasteiger partial charge in [0.25, 0.3) is 5.91 Å². The predicted molar refractivity (Wildman–Crippen MR) is 102 cm³/mol. The minimum Gasteiger partial charge on any atom is -0.379 e. The van der Waals surface area contributed by atoms with Crippen LogP contribution in [0.3, 0.4) is 0 Å². The van der Waals surface area contributed by atoms with Gasteiger partial charge < -0.3 is 14.9 Å². The van der Waals surface area contributed by atoms with Gasteiger partial charge in [-0.15, -0.1) is 0 Å². The summed E-state index contributed by atoms with van der Waals surface area (Å²) in [5.41, 5.74) is 1.18. The van der Waals surface area contributed by atoms with Crippen LogP contribution < -0.4 is 0 Å². The summed E-state index contributed by atoms with van der Waals surface area (Å²) in [6.07, 6.45) is 1.40. The molecule has 1 amide bonds. The Morgan fingerprint density at radius 1 is 1.20 bits per heavy atom. The highest BCUT2D eigenvalue weighted by Gasteiger charge is 2.42. The molecule has 1 atom stereocenters. The Labute approximate surface area is 152 Å². The number of carbonyl (C=O) groups excluding carboxylic acids is 1. The summed E-state index contributed by atoms with van der Waals surface area (Å²) >= 11 is 0. The lowest BCUT2D eigenvalue weighted by Gasteiger charge is -2.40. The van der Waals surface area contributed by atoms with E-state index >= 15 is 0 Å². The van der Waals surface area contributed by atoms with Crippen LogP contribution in [-0.4, -0.2) is 53.1 Å². The molecule has 1 aromatic carbocycles. The molecule has 0 spiro atoms. The molecule has 0 unspecified atom stereocenters. The van der Waals surface area contributed by atoms with Crippen molar-refractivity contribution in [2.45, 2.75) is 58.6 Å². The average molecular weight is 347 g/mol. The van der Waals surface area contributed by atoms with Gasteiger partial charge in [-0.05, 0) is 42.9 Å². The molecule has 0 aromatic heterocycles. The molecule has 1 aliphatic rings. The van der Waals surface area contributed by atoms with E-state index in [1.807, 2.05) is 11.9 Å². The van der Waals surface area contributed by atoms with Gasteiger partial charge in [0.15, 0.2) is 5.60 Å². The van der Waals surface area contributed by atoms with E-state index in [0.29, 0.717) is 31.3 Å². The molecule has 2 rings (SSSR count). The molecule has 1 heterocycles. The van der Waals surface area contributed by atoms with Gasteiger partial charge in [-0.2, -0.15) is 0 Å². The van der Waals surface area contributed by atoms with Gasteiger partial charge in [0.1, 0.15) is 0 Å². The third kappa shape index (κ3) is 5.29. The fourth-order valence-electron chi connectivity index (χ4n) is 3.73. The molecule has 1 N–H and O–H groups in total. The summed E-state index contributed by atoms with van der Waals surface area (Å²) in [6.45, 7) is 11.2. The van der Waals surface area contributed by atoms with Crippen LogP contribution in [-0.2, 0) is 11.3 Å². The van der Waals surface area contributed by atoms with Crippen molar-refractivity contribution in [3.63, 3.8) is 0 Å². The van der Waals surface area contributed by atoms with Crippen LogP contribution in [0.5, 0.6) is 0 Å². The van der Waals surface area contributed by atoms with Gasteiger partial charge >= 0.3 is 0 Å². The second-order valence-corrected chi connectivity index (χ2v) is 8.35. The van der Waals surface area contributed by atoms with Crippen LogP contribution in [0, 0.1) is 5.92 Å². The average Bonchev–Trinajstić information content (AvgIpc) is 2.51. The van der Waals surface area contributed by atoms with E-state index in [2.05, 4.69) is 56.9 Å². The molecule has 4 heteroatoms. The molecule has 0 saturated carbocycles. The zero-order valence-corrected chi connectivity index (χ0v) is 16.5. The highest BCUT2D eigenvalue weighted by molar-refractivity contribution is 5.86. The van der Waals surface area contributed by atoms with Crippen LogP contribution in [0.1, 0.15) is 57.6 Å². The van der Waals surface area contributed by atoms with E-state index in [1.165, 1.54) is 5.56 Å². The summed E-state index contributed by atoms with van der Waals surface area (Å²) in [5.74, 6) is 0.900. The third-order valence-electron chi connectivity index (χ3n) is 4.93. The largest absolute Gasteiger partial charge is 0.379 e. The van der Waals surface area contributed by atoms with Crippen molar-refractivity contribution in [3.8, 4) is 0 Å². The van der Waals surface area contributed by atoms with Crippen molar-refractivity contribution >= 4 is 5.91 Å². The Hall–Kier alpha value is -1.39. The highest BCUT2D eigenvalue weighted by Crippen LogP contribution is 2.26. The summed E-state index contributed by atoms with van der Waals surface area (Å²) in [6, 6.07) is 8.47. The number of nitrogens with zero attached hydrogens (tertiary/aromatic N) is 2. The smallest absolute Gasteiger partial charge is 0.256 e. The van der Waals surface area contributed by atoms with Crippen LogP contribution in [0.15, 0.2) is 24.3 Å². The summed E-state index contributed by atoms with van der Waals surface area (Å²) in [7, 11) is 1.98. The SMILES string of the molecule is CC(C)CN(C)C[C@@]1(O)CCCN(Cc2ccc(C(C)C)cc2)C1=O. The highest BCUT2D eigenvalue weighted by atomic mass is 16.3. The van der Waals surface area contributed by atoms with Crippen LogP contribution in [0.2, 0.25) is 0 Å². The Balaban J connectivity index is 2.03. The lowest BCUT2D eigenvalue weighted by molar-refractivity contribution is -0.160. The molecular formula is C21H34N2O2. The molecule has 1 aliphatic heterocycles. The number of hydrogen-bond acceptors (Lipinski definition) is 3. The van der Waals surface area contributed by atoms with E-state index in [0.717, 1.165) is 25.1 Å². The fraction of sp³-hybridized carbons (Fsp3) is 0.667. The molecule has 4 nitrogen and oxygen atoms in total. The molecule has 140 valence electrons. The molecule has 1 aromatic rings. The van der Waals surface area contributed by atoms with Gasteiger partial charge in [0, 0.05) is 26.2 Å². The molecule has 1 saturated heterocycles.